The molecule has 1 aliphatic rings. The average Bonchev–Trinajstić information content (AvgIpc) is 3.62. The number of rotatable bonds is 13. The second kappa shape index (κ2) is 13.8. The second-order valence-corrected chi connectivity index (χ2v) is 19.2. The molecule has 12 heteroatoms. The highest BCUT2D eigenvalue weighted by atomic mass is 28.3. The van der Waals surface area contributed by atoms with Crippen LogP contribution in [0.5, 0.6) is 0 Å². The number of ether oxygens (including phenoxy) is 1. The summed E-state index contributed by atoms with van der Waals surface area (Å²) >= 11 is 0. The van der Waals surface area contributed by atoms with Gasteiger partial charge < -0.3 is 15.0 Å². The van der Waals surface area contributed by atoms with E-state index in [0.29, 0.717) is 18.1 Å². The van der Waals surface area contributed by atoms with Crippen molar-refractivity contribution in [2.24, 2.45) is 5.41 Å². The van der Waals surface area contributed by atoms with Gasteiger partial charge in [0.25, 0.3) is 5.91 Å². The zero-order valence-electron chi connectivity index (χ0n) is 26.6. The fourth-order valence-corrected chi connectivity index (χ4v) is 5.87. The summed E-state index contributed by atoms with van der Waals surface area (Å²) in [7, 11) is 2.82. The molecule has 2 aromatic heterocycles. The first-order valence-corrected chi connectivity index (χ1v) is 18.6. The van der Waals surface area contributed by atoms with Crippen molar-refractivity contribution in [3.8, 4) is 6.07 Å². The molecule has 1 aromatic carbocycles. The number of amides is 1. The molecule has 1 aliphatic carbocycles. The molecule has 1 amide bonds. The molecule has 11 nitrogen and oxygen atoms in total. The fraction of sp³-hybridized carbons (Fsp3) is 0.548. The van der Waals surface area contributed by atoms with E-state index in [2.05, 4.69) is 87.5 Å². The van der Waals surface area contributed by atoms with Crippen molar-refractivity contribution in [3.63, 3.8) is 0 Å². The molecule has 0 saturated heterocycles. The monoisotopic (exact) mass is 603 g/mol. The van der Waals surface area contributed by atoms with Gasteiger partial charge in [-0.3, -0.25) is 9.36 Å². The number of allylic oxidation sites excluding steroid dienone is 2. The SMILES string of the molecule is CN(C)CCC(c1ccc(NC(=O)c2ncc(C#N)n2COCC[Si](C)(C)C)c(C2=CCC(C)(C)CC2)c1)c1nn[nH]n1. The molecule has 2 N–H and O–H groups in total. The Morgan fingerprint density at radius 3 is 2.72 bits per heavy atom. The predicted molar refractivity (Wildman–Crippen MR) is 170 cm³/mol. The predicted octanol–water partition coefficient (Wildman–Crippen LogP) is 5.51. The molecule has 0 bridgehead atoms. The van der Waals surface area contributed by atoms with Crippen LogP contribution in [0.2, 0.25) is 25.7 Å². The first-order valence-electron chi connectivity index (χ1n) is 14.9. The third-order valence-corrected chi connectivity index (χ3v) is 9.64. The molecule has 0 fully saturated rings. The van der Waals surface area contributed by atoms with E-state index in [1.807, 2.05) is 26.2 Å². The van der Waals surface area contributed by atoms with Gasteiger partial charge in [-0.15, -0.1) is 10.2 Å². The molecular formula is C31H45N9O2Si. The Morgan fingerprint density at radius 1 is 1.30 bits per heavy atom. The zero-order valence-corrected chi connectivity index (χ0v) is 27.6. The highest BCUT2D eigenvalue weighted by Gasteiger charge is 2.27. The number of tetrazole rings is 1. The lowest BCUT2D eigenvalue weighted by Crippen LogP contribution is -2.24. The number of nitrogens with zero attached hydrogens (tertiary/aromatic N) is 7. The molecule has 3 aromatic rings. The Morgan fingerprint density at radius 2 is 2.09 bits per heavy atom. The van der Waals surface area contributed by atoms with Crippen molar-refractivity contribution in [2.75, 3.05) is 32.6 Å². The second-order valence-electron chi connectivity index (χ2n) is 13.6. The summed E-state index contributed by atoms with van der Waals surface area (Å²) in [6.45, 7) is 12.9. The summed E-state index contributed by atoms with van der Waals surface area (Å²) in [4.78, 5) is 20.1. The first-order chi connectivity index (χ1) is 20.4. The summed E-state index contributed by atoms with van der Waals surface area (Å²) in [6, 6.07) is 9.26. The fourth-order valence-electron chi connectivity index (χ4n) is 5.11. The van der Waals surface area contributed by atoms with Gasteiger partial charge >= 0.3 is 0 Å². The normalized spacial score (nSPS) is 15.7. The summed E-state index contributed by atoms with van der Waals surface area (Å²) < 4.78 is 7.43. The maximum Gasteiger partial charge on any atom is 0.291 e. The van der Waals surface area contributed by atoms with E-state index >= 15 is 0 Å². The molecule has 4 rings (SSSR count). The summed E-state index contributed by atoms with van der Waals surface area (Å²) in [6.07, 6.45) is 7.45. The minimum absolute atomic E-state index is 0.0596. The number of aromatic amines is 1. The van der Waals surface area contributed by atoms with Crippen LogP contribution in [0, 0.1) is 16.7 Å². The molecule has 43 heavy (non-hydrogen) atoms. The highest BCUT2D eigenvalue weighted by molar-refractivity contribution is 6.76. The van der Waals surface area contributed by atoms with Gasteiger partial charge in [0.05, 0.1) is 6.20 Å². The van der Waals surface area contributed by atoms with Crippen LogP contribution in [0.15, 0.2) is 30.5 Å². The molecule has 0 spiro atoms. The average molecular weight is 604 g/mol. The van der Waals surface area contributed by atoms with Gasteiger partial charge in [-0.2, -0.15) is 10.5 Å². The van der Waals surface area contributed by atoms with Gasteiger partial charge in [-0.05, 0) is 81.1 Å². The highest BCUT2D eigenvalue weighted by Crippen LogP contribution is 2.41. The van der Waals surface area contributed by atoms with Crippen LogP contribution < -0.4 is 5.32 Å². The topological polar surface area (TPSA) is 138 Å². The van der Waals surface area contributed by atoms with E-state index in [-0.39, 0.29) is 35.5 Å². The number of nitriles is 1. The van der Waals surface area contributed by atoms with E-state index < -0.39 is 8.07 Å². The van der Waals surface area contributed by atoms with Crippen LogP contribution >= 0.6 is 0 Å². The lowest BCUT2D eigenvalue weighted by Gasteiger charge is -2.30. The third kappa shape index (κ3) is 8.69. The Kier molecular flexibility index (Phi) is 10.3. The molecular weight excluding hydrogens is 558 g/mol. The number of hydrogen-bond acceptors (Lipinski definition) is 8. The summed E-state index contributed by atoms with van der Waals surface area (Å²) in [5.41, 5.74) is 4.46. The Bertz CT molecular complexity index is 1460. The van der Waals surface area contributed by atoms with Crippen molar-refractivity contribution in [3.05, 3.63) is 58.9 Å². The van der Waals surface area contributed by atoms with Gasteiger partial charge in [0, 0.05) is 31.8 Å². The van der Waals surface area contributed by atoms with Crippen LogP contribution in [0.3, 0.4) is 0 Å². The van der Waals surface area contributed by atoms with Crippen LogP contribution in [0.4, 0.5) is 5.69 Å². The number of imidazole rings is 1. The number of benzene rings is 1. The molecule has 0 saturated carbocycles. The van der Waals surface area contributed by atoms with Crippen LogP contribution in [-0.2, 0) is 11.5 Å². The minimum Gasteiger partial charge on any atom is -0.361 e. The lowest BCUT2D eigenvalue weighted by molar-refractivity contribution is 0.0804. The van der Waals surface area contributed by atoms with Crippen LogP contribution in [-0.4, -0.2) is 76.3 Å². The van der Waals surface area contributed by atoms with Gasteiger partial charge in [0.1, 0.15) is 18.5 Å². The molecule has 2 heterocycles. The summed E-state index contributed by atoms with van der Waals surface area (Å²) in [5.74, 6) is 0.344. The van der Waals surface area contributed by atoms with Crippen LogP contribution in [0.1, 0.15) is 78.7 Å². The molecule has 230 valence electrons. The number of carbonyl (C=O) groups is 1. The zero-order chi connectivity index (χ0) is 31.2. The third-order valence-electron chi connectivity index (χ3n) is 7.94. The largest absolute Gasteiger partial charge is 0.361 e. The van der Waals surface area contributed by atoms with Crippen molar-refractivity contribution < 1.29 is 9.53 Å². The Labute approximate surface area is 255 Å². The van der Waals surface area contributed by atoms with E-state index in [9.17, 15) is 10.1 Å². The number of nitrogens with one attached hydrogen (secondary N) is 2. The maximum atomic E-state index is 13.7. The van der Waals surface area contributed by atoms with E-state index in [1.165, 1.54) is 11.8 Å². The van der Waals surface area contributed by atoms with E-state index in [1.54, 1.807) is 4.57 Å². The quantitative estimate of drug-likeness (QED) is 0.193. The molecule has 1 atom stereocenters. The molecule has 0 radical (unpaired) electrons. The van der Waals surface area contributed by atoms with Crippen molar-refractivity contribution in [2.45, 2.75) is 77.9 Å². The van der Waals surface area contributed by atoms with Gasteiger partial charge in [-0.1, -0.05) is 50.8 Å². The van der Waals surface area contributed by atoms with Crippen molar-refractivity contribution >= 4 is 25.2 Å². The van der Waals surface area contributed by atoms with Gasteiger partial charge in [-0.25, -0.2) is 4.98 Å². The van der Waals surface area contributed by atoms with E-state index in [4.69, 9.17) is 4.74 Å². The molecule has 0 aliphatic heterocycles. The summed E-state index contributed by atoms with van der Waals surface area (Å²) in [5, 5.41) is 27.8. The number of aromatic nitrogens is 6. The number of hydrogen-bond donors (Lipinski definition) is 2. The molecule has 1 unspecified atom stereocenters. The van der Waals surface area contributed by atoms with Gasteiger partial charge in [0.15, 0.2) is 5.82 Å². The Hall–Kier alpha value is -3.66. The minimum atomic E-state index is -1.28. The maximum absolute atomic E-state index is 13.7. The Balaban J connectivity index is 1.66. The number of carbonyl (C=O) groups excluding carboxylic acids is 1. The number of H-pyrrole nitrogens is 1. The van der Waals surface area contributed by atoms with Crippen molar-refractivity contribution in [1.29, 1.82) is 5.26 Å². The van der Waals surface area contributed by atoms with E-state index in [0.717, 1.165) is 49.4 Å². The number of anilines is 1. The van der Waals surface area contributed by atoms with Crippen molar-refractivity contribution in [1.82, 2.24) is 35.1 Å². The lowest BCUT2D eigenvalue weighted by atomic mass is 9.76. The standard InChI is InChI=1S/C31H45N9O2Si/c1-31(2)13-10-22(11-14-31)26-18-23(25(12-15-39(3)4)28-35-37-38-36-28)8-9-27(26)34-30(41)29-33-20-24(19-32)40(29)21-42-16-17-43(5,6)7/h8-10,18,20,25H,11-17,21H2,1-7H3,(H,34,41)(H,35,36,37,38). The smallest absolute Gasteiger partial charge is 0.291 e. The first kappa shape index (κ1) is 32.3. The van der Waals surface area contributed by atoms with Gasteiger partial charge in [0.2, 0.25) is 5.82 Å². The van der Waals surface area contributed by atoms with Crippen LogP contribution in [0.25, 0.3) is 5.57 Å².